The molecule has 0 aromatic heterocycles. The molecule has 3 fully saturated rings. The molecule has 4 atom stereocenters. The van der Waals surface area contributed by atoms with E-state index in [9.17, 15) is 5.11 Å². The molecule has 3 saturated carbocycles. The number of hydrogen-bond acceptors (Lipinski definition) is 1. The quantitative estimate of drug-likeness (QED) is 0.789. The monoisotopic (exact) mass is 236 g/mol. The van der Waals surface area contributed by atoms with Gasteiger partial charge in [0.15, 0.2) is 0 Å². The SMILES string of the molecule is CC1(C)C(C(O)CC2CC3CCC2C3)C1(C)C. The lowest BCUT2D eigenvalue weighted by Crippen LogP contribution is -2.22. The number of rotatable bonds is 3. The lowest BCUT2D eigenvalue weighted by molar-refractivity contribution is 0.0880. The summed E-state index contributed by atoms with van der Waals surface area (Å²) in [6.45, 7) is 9.28. The highest BCUT2D eigenvalue weighted by atomic mass is 16.3. The van der Waals surface area contributed by atoms with Crippen molar-refractivity contribution in [2.45, 2.75) is 65.9 Å². The molecule has 0 aliphatic heterocycles. The summed E-state index contributed by atoms with van der Waals surface area (Å²) in [5.74, 6) is 3.34. The van der Waals surface area contributed by atoms with Gasteiger partial charge in [-0.2, -0.15) is 0 Å². The van der Waals surface area contributed by atoms with Crippen LogP contribution in [-0.4, -0.2) is 11.2 Å². The van der Waals surface area contributed by atoms with E-state index < -0.39 is 0 Å². The zero-order chi connectivity index (χ0) is 12.4. The van der Waals surface area contributed by atoms with E-state index >= 15 is 0 Å². The molecule has 0 radical (unpaired) electrons. The fourth-order valence-electron chi connectivity index (χ4n) is 5.32. The first-order valence-electron chi connectivity index (χ1n) is 7.52. The molecule has 0 saturated heterocycles. The van der Waals surface area contributed by atoms with Crippen LogP contribution in [0.15, 0.2) is 0 Å². The topological polar surface area (TPSA) is 20.2 Å². The average Bonchev–Trinajstić information content (AvgIpc) is 2.66. The molecule has 0 aromatic rings. The van der Waals surface area contributed by atoms with E-state index in [1.54, 1.807) is 0 Å². The fourth-order valence-corrected chi connectivity index (χ4v) is 5.32. The summed E-state index contributed by atoms with van der Waals surface area (Å²) in [7, 11) is 0. The molecule has 0 spiro atoms. The summed E-state index contributed by atoms with van der Waals surface area (Å²) in [5, 5.41) is 10.5. The van der Waals surface area contributed by atoms with Gasteiger partial charge < -0.3 is 5.11 Å². The van der Waals surface area contributed by atoms with Gasteiger partial charge in [0.25, 0.3) is 0 Å². The van der Waals surface area contributed by atoms with Gasteiger partial charge in [-0.25, -0.2) is 0 Å². The molecular formula is C16H28O. The molecule has 1 N–H and O–H groups in total. The van der Waals surface area contributed by atoms with E-state index in [0.717, 1.165) is 24.2 Å². The van der Waals surface area contributed by atoms with E-state index in [4.69, 9.17) is 0 Å². The van der Waals surface area contributed by atoms with Gasteiger partial charge in [-0.05, 0) is 60.2 Å². The van der Waals surface area contributed by atoms with Crippen molar-refractivity contribution in [3.05, 3.63) is 0 Å². The van der Waals surface area contributed by atoms with Crippen LogP contribution in [-0.2, 0) is 0 Å². The van der Waals surface area contributed by atoms with Crippen LogP contribution in [0.1, 0.15) is 59.8 Å². The minimum Gasteiger partial charge on any atom is -0.393 e. The number of aliphatic hydroxyl groups is 1. The molecule has 1 heteroatoms. The van der Waals surface area contributed by atoms with E-state index in [0.29, 0.717) is 16.7 Å². The molecule has 98 valence electrons. The van der Waals surface area contributed by atoms with E-state index in [-0.39, 0.29) is 6.10 Å². The smallest absolute Gasteiger partial charge is 0.0581 e. The molecule has 1 nitrogen and oxygen atoms in total. The lowest BCUT2D eigenvalue weighted by Gasteiger charge is -2.25. The third kappa shape index (κ3) is 1.61. The summed E-state index contributed by atoms with van der Waals surface area (Å²) in [6.07, 6.45) is 6.82. The van der Waals surface area contributed by atoms with Crippen molar-refractivity contribution in [3.8, 4) is 0 Å². The number of fused-ring (bicyclic) bond motifs is 2. The molecule has 3 aliphatic rings. The van der Waals surface area contributed by atoms with E-state index in [2.05, 4.69) is 27.7 Å². The second kappa shape index (κ2) is 3.50. The molecule has 17 heavy (non-hydrogen) atoms. The minimum atomic E-state index is -0.0515. The highest BCUT2D eigenvalue weighted by Gasteiger charge is 2.67. The Morgan fingerprint density at radius 3 is 2.12 bits per heavy atom. The molecule has 0 heterocycles. The van der Waals surface area contributed by atoms with Gasteiger partial charge >= 0.3 is 0 Å². The molecule has 0 amide bonds. The Kier molecular flexibility index (Phi) is 2.47. The second-order valence-corrected chi connectivity index (χ2v) is 8.16. The van der Waals surface area contributed by atoms with Crippen molar-refractivity contribution in [1.29, 1.82) is 0 Å². The average molecular weight is 236 g/mol. The molecule has 0 aromatic carbocycles. The molecule has 3 rings (SSSR count). The van der Waals surface area contributed by atoms with Crippen LogP contribution in [0.2, 0.25) is 0 Å². The minimum absolute atomic E-state index is 0.0515. The predicted molar refractivity (Wildman–Crippen MR) is 70.6 cm³/mol. The standard InChI is InChI=1S/C16H28O/c1-15(2)14(16(15,3)4)13(17)9-12-8-10-5-6-11(12)7-10/h10-14,17H,5-9H2,1-4H3. The highest BCUT2D eigenvalue weighted by molar-refractivity contribution is 5.15. The Bertz CT molecular complexity index is 303. The first-order valence-corrected chi connectivity index (χ1v) is 7.52. The zero-order valence-corrected chi connectivity index (χ0v) is 11.9. The zero-order valence-electron chi connectivity index (χ0n) is 11.9. The summed E-state index contributed by atoms with van der Waals surface area (Å²) in [4.78, 5) is 0. The predicted octanol–water partition coefficient (Wildman–Crippen LogP) is 3.86. The van der Waals surface area contributed by atoms with Crippen LogP contribution in [0.3, 0.4) is 0 Å². The summed E-state index contributed by atoms with van der Waals surface area (Å²) < 4.78 is 0. The summed E-state index contributed by atoms with van der Waals surface area (Å²) in [5.41, 5.74) is 0.675. The third-order valence-electron chi connectivity index (χ3n) is 6.95. The first-order chi connectivity index (χ1) is 7.84. The lowest BCUT2D eigenvalue weighted by atomic mass is 9.83. The molecule has 3 aliphatic carbocycles. The van der Waals surface area contributed by atoms with Gasteiger partial charge in [-0.15, -0.1) is 0 Å². The van der Waals surface area contributed by atoms with Gasteiger partial charge in [0.2, 0.25) is 0 Å². The molecule has 2 bridgehead atoms. The number of hydrogen-bond donors (Lipinski definition) is 1. The van der Waals surface area contributed by atoms with Crippen LogP contribution in [0.25, 0.3) is 0 Å². The third-order valence-corrected chi connectivity index (χ3v) is 6.95. The maximum absolute atomic E-state index is 10.5. The van der Waals surface area contributed by atoms with Crippen LogP contribution < -0.4 is 0 Å². The van der Waals surface area contributed by atoms with Crippen molar-refractivity contribution >= 4 is 0 Å². The summed E-state index contributed by atoms with van der Waals surface area (Å²) in [6, 6.07) is 0. The van der Waals surface area contributed by atoms with Gasteiger partial charge in [0, 0.05) is 0 Å². The van der Waals surface area contributed by atoms with Gasteiger partial charge in [0.1, 0.15) is 0 Å². The van der Waals surface area contributed by atoms with Crippen molar-refractivity contribution in [2.24, 2.45) is 34.5 Å². The molecule has 4 unspecified atom stereocenters. The van der Waals surface area contributed by atoms with Crippen molar-refractivity contribution in [3.63, 3.8) is 0 Å². The molecular weight excluding hydrogens is 208 g/mol. The first kappa shape index (κ1) is 12.0. The van der Waals surface area contributed by atoms with Crippen LogP contribution in [0, 0.1) is 34.5 Å². The number of aliphatic hydroxyl groups excluding tert-OH is 1. The Morgan fingerprint density at radius 2 is 1.71 bits per heavy atom. The Balaban J connectivity index is 1.60. The van der Waals surface area contributed by atoms with Gasteiger partial charge in [0.05, 0.1) is 6.10 Å². The maximum Gasteiger partial charge on any atom is 0.0581 e. The van der Waals surface area contributed by atoms with Crippen molar-refractivity contribution in [2.75, 3.05) is 0 Å². The normalized spacial score (nSPS) is 43.9. The largest absolute Gasteiger partial charge is 0.393 e. The van der Waals surface area contributed by atoms with Crippen LogP contribution in [0.5, 0.6) is 0 Å². The van der Waals surface area contributed by atoms with E-state index in [1.165, 1.54) is 25.7 Å². The Labute approximate surface area is 106 Å². The second-order valence-electron chi connectivity index (χ2n) is 8.16. The van der Waals surface area contributed by atoms with Crippen LogP contribution in [0.4, 0.5) is 0 Å². The Morgan fingerprint density at radius 1 is 1.06 bits per heavy atom. The van der Waals surface area contributed by atoms with Crippen molar-refractivity contribution in [1.82, 2.24) is 0 Å². The Hall–Kier alpha value is -0.0400. The van der Waals surface area contributed by atoms with Crippen LogP contribution >= 0.6 is 0 Å². The summed E-state index contributed by atoms with van der Waals surface area (Å²) >= 11 is 0. The van der Waals surface area contributed by atoms with Gasteiger partial charge in [-0.3, -0.25) is 0 Å². The van der Waals surface area contributed by atoms with E-state index in [1.807, 2.05) is 0 Å². The fraction of sp³-hybridized carbons (Fsp3) is 1.00. The maximum atomic E-state index is 10.5. The van der Waals surface area contributed by atoms with Gasteiger partial charge in [-0.1, -0.05) is 34.1 Å². The van der Waals surface area contributed by atoms with Crippen molar-refractivity contribution < 1.29 is 5.11 Å². The highest BCUT2D eigenvalue weighted by Crippen LogP contribution is 2.70.